The summed E-state index contributed by atoms with van der Waals surface area (Å²) < 4.78 is 0. The van der Waals surface area contributed by atoms with Gasteiger partial charge in [0.15, 0.2) is 0 Å². The molecule has 0 atom stereocenters. The van der Waals surface area contributed by atoms with E-state index in [1.165, 1.54) is 37.7 Å². The molecule has 0 heterocycles. The molecule has 3 heteroatoms. The van der Waals surface area contributed by atoms with Crippen LogP contribution in [0.25, 0.3) is 6.08 Å². The molecular formula is C15H17Cl3. The van der Waals surface area contributed by atoms with Crippen LogP contribution in [0.3, 0.4) is 0 Å². The van der Waals surface area contributed by atoms with Crippen LogP contribution in [0.4, 0.5) is 0 Å². The Kier molecular flexibility index (Phi) is 5.41. The minimum absolute atomic E-state index is 0.577. The fraction of sp³-hybridized carbons (Fsp3) is 0.467. The summed E-state index contributed by atoms with van der Waals surface area (Å²) in [5.74, 6) is 1.19. The van der Waals surface area contributed by atoms with Gasteiger partial charge in [0.05, 0.1) is 10.0 Å². The van der Waals surface area contributed by atoms with E-state index in [-0.39, 0.29) is 0 Å². The van der Waals surface area contributed by atoms with E-state index in [9.17, 15) is 0 Å². The third kappa shape index (κ3) is 3.44. The highest BCUT2D eigenvalue weighted by Gasteiger charge is 2.17. The summed E-state index contributed by atoms with van der Waals surface area (Å²) in [6, 6.07) is 5.72. The first kappa shape index (κ1) is 14.2. The van der Waals surface area contributed by atoms with E-state index < -0.39 is 0 Å². The molecule has 0 aromatic heterocycles. The van der Waals surface area contributed by atoms with Crippen molar-refractivity contribution in [2.45, 2.75) is 32.1 Å². The van der Waals surface area contributed by atoms with Crippen molar-refractivity contribution < 1.29 is 0 Å². The van der Waals surface area contributed by atoms with Gasteiger partial charge in [0.2, 0.25) is 0 Å². The fourth-order valence-corrected chi connectivity index (χ4v) is 3.23. The smallest absolute Gasteiger partial charge is 0.0664 e. The maximum Gasteiger partial charge on any atom is 0.0664 e. The molecule has 0 spiro atoms. The largest absolute Gasteiger partial charge is 0.122 e. The van der Waals surface area contributed by atoms with E-state index in [0.717, 1.165) is 5.56 Å². The van der Waals surface area contributed by atoms with E-state index >= 15 is 0 Å². The quantitative estimate of drug-likeness (QED) is 0.583. The molecule has 1 fully saturated rings. The Bertz CT molecular complexity index is 431. The predicted octanol–water partition coefficient (Wildman–Crippen LogP) is 6.20. The van der Waals surface area contributed by atoms with E-state index in [2.05, 4.69) is 6.08 Å². The van der Waals surface area contributed by atoms with E-state index in [1.807, 2.05) is 18.2 Å². The Morgan fingerprint density at radius 3 is 2.56 bits per heavy atom. The van der Waals surface area contributed by atoms with Crippen molar-refractivity contribution in [2.75, 3.05) is 5.88 Å². The molecule has 0 nitrogen and oxygen atoms in total. The lowest BCUT2D eigenvalue weighted by Crippen LogP contribution is -2.10. The number of hydrogen-bond donors (Lipinski definition) is 0. The molecule has 0 N–H and O–H groups in total. The maximum atomic E-state index is 6.21. The summed E-state index contributed by atoms with van der Waals surface area (Å²) in [6.45, 7) is 0. The van der Waals surface area contributed by atoms with Crippen molar-refractivity contribution in [1.29, 1.82) is 0 Å². The first-order valence-corrected chi connectivity index (χ1v) is 7.72. The van der Waals surface area contributed by atoms with Gasteiger partial charge in [-0.05, 0) is 30.4 Å². The molecule has 0 amide bonds. The van der Waals surface area contributed by atoms with Crippen LogP contribution in [0, 0.1) is 5.92 Å². The van der Waals surface area contributed by atoms with Crippen LogP contribution in [0.1, 0.15) is 37.7 Å². The van der Waals surface area contributed by atoms with E-state index in [4.69, 9.17) is 34.8 Å². The third-order valence-corrected chi connectivity index (χ3v) is 4.75. The van der Waals surface area contributed by atoms with Crippen molar-refractivity contribution >= 4 is 40.9 Å². The topological polar surface area (TPSA) is 0 Å². The second-order valence-corrected chi connectivity index (χ2v) is 5.88. The molecule has 1 saturated carbocycles. The van der Waals surface area contributed by atoms with Crippen LogP contribution >= 0.6 is 34.8 Å². The van der Waals surface area contributed by atoms with Gasteiger partial charge in [0.1, 0.15) is 0 Å². The zero-order chi connectivity index (χ0) is 13.0. The molecule has 2 rings (SSSR count). The Morgan fingerprint density at radius 2 is 1.89 bits per heavy atom. The normalized spacial score (nSPS) is 18.1. The van der Waals surface area contributed by atoms with Gasteiger partial charge >= 0.3 is 0 Å². The summed E-state index contributed by atoms with van der Waals surface area (Å²) in [6.07, 6.45) is 8.58. The van der Waals surface area contributed by atoms with Gasteiger partial charge in [-0.3, -0.25) is 0 Å². The highest BCUT2D eigenvalue weighted by Crippen LogP contribution is 2.33. The molecule has 1 aliphatic rings. The third-order valence-electron chi connectivity index (χ3n) is 3.61. The molecule has 0 saturated heterocycles. The summed E-state index contributed by atoms with van der Waals surface area (Å²) in [4.78, 5) is 0. The maximum absolute atomic E-state index is 6.21. The minimum atomic E-state index is 0.577. The van der Waals surface area contributed by atoms with Crippen LogP contribution < -0.4 is 0 Å². The van der Waals surface area contributed by atoms with Gasteiger partial charge in [-0.15, -0.1) is 11.6 Å². The highest BCUT2D eigenvalue weighted by molar-refractivity contribution is 6.42. The van der Waals surface area contributed by atoms with Crippen molar-refractivity contribution in [2.24, 2.45) is 5.92 Å². The summed E-state index contributed by atoms with van der Waals surface area (Å²) in [7, 11) is 0. The van der Waals surface area contributed by atoms with Crippen molar-refractivity contribution in [3.63, 3.8) is 0 Å². The first-order valence-electron chi connectivity index (χ1n) is 6.43. The number of rotatable bonds is 3. The Hall–Kier alpha value is -0.170. The predicted molar refractivity (Wildman–Crippen MR) is 81.7 cm³/mol. The lowest BCUT2D eigenvalue weighted by atomic mass is 9.83. The molecule has 1 aromatic carbocycles. The van der Waals surface area contributed by atoms with Gasteiger partial charge < -0.3 is 0 Å². The van der Waals surface area contributed by atoms with Crippen molar-refractivity contribution in [1.82, 2.24) is 0 Å². The molecule has 18 heavy (non-hydrogen) atoms. The Balaban J connectivity index is 2.25. The zero-order valence-corrected chi connectivity index (χ0v) is 12.5. The summed E-state index contributed by atoms with van der Waals surface area (Å²) >= 11 is 18.3. The van der Waals surface area contributed by atoms with Crippen LogP contribution in [-0.4, -0.2) is 5.88 Å². The lowest BCUT2D eigenvalue weighted by molar-refractivity contribution is 0.405. The highest BCUT2D eigenvalue weighted by atomic mass is 35.5. The Morgan fingerprint density at radius 1 is 1.17 bits per heavy atom. The average molecular weight is 304 g/mol. The fourth-order valence-electron chi connectivity index (χ4n) is 2.57. The van der Waals surface area contributed by atoms with E-state index in [1.54, 1.807) is 0 Å². The number of halogens is 3. The molecule has 0 unspecified atom stereocenters. The van der Waals surface area contributed by atoms with Crippen molar-refractivity contribution in [3.05, 3.63) is 39.4 Å². The molecule has 0 aliphatic heterocycles. The number of benzene rings is 1. The number of alkyl halides is 1. The van der Waals surface area contributed by atoms with E-state index in [0.29, 0.717) is 21.8 Å². The summed E-state index contributed by atoms with van der Waals surface area (Å²) in [5, 5.41) is 1.22. The van der Waals surface area contributed by atoms with Gasteiger partial charge in [-0.2, -0.15) is 0 Å². The second kappa shape index (κ2) is 6.84. The van der Waals surface area contributed by atoms with Crippen molar-refractivity contribution in [3.8, 4) is 0 Å². The van der Waals surface area contributed by atoms with Crippen LogP contribution in [-0.2, 0) is 0 Å². The van der Waals surface area contributed by atoms with Crippen LogP contribution in [0.2, 0.25) is 10.0 Å². The lowest BCUT2D eigenvalue weighted by Gasteiger charge is -2.23. The summed E-state index contributed by atoms with van der Waals surface area (Å²) in [5.41, 5.74) is 2.27. The average Bonchev–Trinajstić information content (AvgIpc) is 2.41. The van der Waals surface area contributed by atoms with Gasteiger partial charge in [-0.1, -0.05) is 66.2 Å². The molecule has 0 bridgehead atoms. The SMILES string of the molecule is ClCC(=Cc1cccc(Cl)c1Cl)C1CCCCC1. The molecule has 98 valence electrons. The Labute approximate surface area is 124 Å². The van der Waals surface area contributed by atoms with Gasteiger partial charge in [-0.25, -0.2) is 0 Å². The van der Waals surface area contributed by atoms with Crippen LogP contribution in [0.15, 0.2) is 23.8 Å². The monoisotopic (exact) mass is 302 g/mol. The van der Waals surface area contributed by atoms with Gasteiger partial charge in [0, 0.05) is 5.88 Å². The zero-order valence-electron chi connectivity index (χ0n) is 10.3. The number of hydrogen-bond acceptors (Lipinski definition) is 0. The second-order valence-electron chi connectivity index (χ2n) is 4.83. The minimum Gasteiger partial charge on any atom is -0.122 e. The standard InChI is InChI=1S/C15H17Cl3/c16-10-13(11-5-2-1-3-6-11)9-12-7-4-8-14(17)15(12)18/h4,7-9,11H,1-3,5-6,10H2. The molecule has 1 aromatic rings. The molecule has 1 aliphatic carbocycles. The molecular weight excluding hydrogens is 287 g/mol. The molecule has 0 radical (unpaired) electrons. The van der Waals surface area contributed by atoms with Gasteiger partial charge in [0.25, 0.3) is 0 Å². The number of allylic oxidation sites excluding steroid dienone is 1. The van der Waals surface area contributed by atoms with Crippen LogP contribution in [0.5, 0.6) is 0 Å². The first-order chi connectivity index (χ1) is 8.72.